The minimum atomic E-state index is -0.410. The molecule has 1 aromatic carbocycles. The Kier molecular flexibility index (Phi) is 4.27. The molecule has 5 nitrogen and oxygen atoms in total. The Hall–Kier alpha value is -3.34. The van der Waals surface area contributed by atoms with Gasteiger partial charge in [0, 0.05) is 35.6 Å². The number of hydrogen-bond acceptors (Lipinski definition) is 3. The molecule has 0 saturated heterocycles. The third kappa shape index (κ3) is 3.24. The Morgan fingerprint density at radius 3 is 3.04 bits per heavy atom. The summed E-state index contributed by atoms with van der Waals surface area (Å²) in [5, 5.41) is 4.53. The topological polar surface area (TPSA) is 83.8 Å². The van der Waals surface area contributed by atoms with E-state index in [4.69, 9.17) is 5.73 Å². The number of allylic oxidation sites excluding steroid dienone is 3. The van der Waals surface area contributed by atoms with Crippen molar-refractivity contribution in [3.05, 3.63) is 78.1 Å². The summed E-state index contributed by atoms with van der Waals surface area (Å²) in [6.07, 6.45) is 11.4. The van der Waals surface area contributed by atoms with Crippen molar-refractivity contribution in [1.29, 1.82) is 0 Å². The van der Waals surface area contributed by atoms with E-state index in [1.54, 1.807) is 12.1 Å². The van der Waals surface area contributed by atoms with Gasteiger partial charge in [0.15, 0.2) is 0 Å². The lowest BCUT2D eigenvalue weighted by Crippen LogP contribution is -2.15. The third-order valence-electron chi connectivity index (χ3n) is 4.68. The number of hydrogen-bond donors (Lipinski definition) is 3. The minimum absolute atomic E-state index is 0.402. The van der Waals surface area contributed by atoms with Gasteiger partial charge in [-0.05, 0) is 53.8 Å². The summed E-state index contributed by atoms with van der Waals surface area (Å²) >= 11 is 0. The molecule has 1 unspecified atom stereocenters. The fourth-order valence-electron chi connectivity index (χ4n) is 3.26. The van der Waals surface area contributed by atoms with Crippen LogP contribution in [0.25, 0.3) is 16.6 Å². The molecule has 3 aromatic rings. The molecule has 2 aromatic heterocycles. The molecule has 1 aliphatic carbocycles. The lowest BCUT2D eigenvalue weighted by Gasteiger charge is -2.18. The second kappa shape index (κ2) is 6.88. The van der Waals surface area contributed by atoms with Gasteiger partial charge in [0.05, 0.1) is 0 Å². The van der Waals surface area contributed by atoms with Crippen LogP contribution in [0.3, 0.4) is 0 Å². The molecule has 2 heterocycles. The lowest BCUT2D eigenvalue weighted by atomic mass is 9.92. The quantitative estimate of drug-likeness (QED) is 0.659. The first-order chi connectivity index (χ1) is 12.7. The van der Waals surface area contributed by atoms with E-state index in [1.807, 2.05) is 24.5 Å². The largest absolute Gasteiger partial charge is 0.384 e. The van der Waals surface area contributed by atoms with E-state index in [9.17, 15) is 4.79 Å². The van der Waals surface area contributed by atoms with Crippen molar-refractivity contribution >= 4 is 28.2 Å². The number of aromatic amines is 1. The average Bonchev–Trinajstić information content (AvgIpc) is 3.16. The molecule has 4 N–H and O–H groups in total. The van der Waals surface area contributed by atoms with Crippen LogP contribution in [0.1, 0.15) is 22.3 Å². The number of anilines is 1. The second-order valence-corrected chi connectivity index (χ2v) is 6.44. The number of pyridine rings is 1. The van der Waals surface area contributed by atoms with Crippen LogP contribution in [-0.4, -0.2) is 22.4 Å². The second-order valence-electron chi connectivity index (χ2n) is 6.44. The normalized spacial score (nSPS) is 16.5. The Morgan fingerprint density at radius 1 is 1.31 bits per heavy atom. The summed E-state index contributed by atoms with van der Waals surface area (Å²) < 4.78 is 0. The number of carbonyl (C=O) groups excluding carboxylic acids is 1. The van der Waals surface area contributed by atoms with Gasteiger partial charge in [-0.3, -0.25) is 4.79 Å². The number of benzene rings is 1. The molecule has 0 bridgehead atoms. The fraction of sp³-hybridized carbons (Fsp3) is 0.143. The van der Waals surface area contributed by atoms with Gasteiger partial charge >= 0.3 is 0 Å². The van der Waals surface area contributed by atoms with Crippen molar-refractivity contribution in [3.63, 3.8) is 0 Å². The molecule has 0 aliphatic heterocycles. The van der Waals surface area contributed by atoms with Crippen molar-refractivity contribution in [1.82, 2.24) is 9.97 Å². The number of nitrogens with one attached hydrogen (secondary N) is 2. The molecule has 0 fully saturated rings. The summed E-state index contributed by atoms with van der Waals surface area (Å²) in [4.78, 5) is 18.8. The number of H-pyrrole nitrogens is 1. The molecule has 1 atom stereocenters. The summed E-state index contributed by atoms with van der Waals surface area (Å²) in [5.74, 6) is -0.00764. The van der Waals surface area contributed by atoms with Crippen LogP contribution in [0.4, 0.5) is 5.69 Å². The van der Waals surface area contributed by atoms with E-state index in [1.165, 1.54) is 11.1 Å². The van der Waals surface area contributed by atoms with E-state index < -0.39 is 5.91 Å². The van der Waals surface area contributed by atoms with Crippen LogP contribution >= 0.6 is 0 Å². The first-order valence-electron chi connectivity index (χ1n) is 8.65. The molecule has 0 saturated carbocycles. The van der Waals surface area contributed by atoms with Crippen LogP contribution in [0.5, 0.6) is 0 Å². The van der Waals surface area contributed by atoms with Crippen molar-refractivity contribution in [2.75, 3.05) is 11.9 Å². The standard InChI is InChI=1S/C21H20N4O/c22-20(26)16-2-1-3-17(12-16)25-13-14-4-6-15(7-5-14)18-8-10-23-21-19(18)9-11-24-21/h1-4,6-12,14,25H,5,13H2,(H2,22,26)(H,23,24). The number of amides is 1. The third-order valence-corrected chi connectivity index (χ3v) is 4.68. The number of carbonyl (C=O) groups is 1. The molecule has 4 rings (SSSR count). The first-order valence-corrected chi connectivity index (χ1v) is 8.65. The molecular formula is C21H20N4O. The summed E-state index contributed by atoms with van der Waals surface area (Å²) in [5.41, 5.74) is 10.1. The maximum atomic E-state index is 11.3. The molecule has 5 heteroatoms. The van der Waals surface area contributed by atoms with Crippen molar-refractivity contribution in [2.24, 2.45) is 11.7 Å². The molecule has 130 valence electrons. The van der Waals surface area contributed by atoms with Crippen molar-refractivity contribution in [3.8, 4) is 0 Å². The molecule has 0 spiro atoms. The molecule has 26 heavy (non-hydrogen) atoms. The average molecular weight is 344 g/mol. The summed E-state index contributed by atoms with van der Waals surface area (Å²) in [7, 11) is 0. The van der Waals surface area contributed by atoms with E-state index in [2.05, 4.69) is 45.6 Å². The van der Waals surface area contributed by atoms with Crippen LogP contribution in [0.15, 0.2) is 67.0 Å². The summed E-state index contributed by atoms with van der Waals surface area (Å²) in [6, 6.07) is 11.4. The SMILES string of the molecule is NC(=O)c1cccc(NCC2C=CC(c3ccnc4[nH]ccc34)=CC2)c1. The van der Waals surface area contributed by atoms with Gasteiger partial charge in [-0.2, -0.15) is 0 Å². The van der Waals surface area contributed by atoms with Gasteiger partial charge in [0.1, 0.15) is 5.65 Å². The van der Waals surface area contributed by atoms with Crippen LogP contribution < -0.4 is 11.1 Å². The molecule has 1 aliphatic rings. The highest BCUT2D eigenvalue weighted by Crippen LogP contribution is 2.29. The van der Waals surface area contributed by atoms with E-state index >= 15 is 0 Å². The zero-order valence-electron chi connectivity index (χ0n) is 14.3. The van der Waals surface area contributed by atoms with Gasteiger partial charge < -0.3 is 16.0 Å². The smallest absolute Gasteiger partial charge is 0.248 e. The zero-order valence-corrected chi connectivity index (χ0v) is 14.3. The monoisotopic (exact) mass is 344 g/mol. The van der Waals surface area contributed by atoms with Crippen LogP contribution in [-0.2, 0) is 0 Å². The van der Waals surface area contributed by atoms with E-state index in [0.29, 0.717) is 11.5 Å². The summed E-state index contributed by atoms with van der Waals surface area (Å²) in [6.45, 7) is 0.804. The highest BCUT2D eigenvalue weighted by atomic mass is 16.1. The number of aromatic nitrogens is 2. The van der Waals surface area contributed by atoms with Gasteiger partial charge in [-0.1, -0.05) is 24.3 Å². The molecule has 0 radical (unpaired) electrons. The van der Waals surface area contributed by atoms with Gasteiger partial charge in [-0.15, -0.1) is 0 Å². The van der Waals surface area contributed by atoms with Crippen LogP contribution in [0.2, 0.25) is 0 Å². The number of fused-ring (bicyclic) bond motifs is 1. The maximum absolute atomic E-state index is 11.3. The minimum Gasteiger partial charge on any atom is -0.384 e. The van der Waals surface area contributed by atoms with Gasteiger partial charge in [-0.25, -0.2) is 4.98 Å². The lowest BCUT2D eigenvalue weighted by molar-refractivity contribution is 0.100. The van der Waals surface area contributed by atoms with E-state index in [-0.39, 0.29) is 0 Å². The Labute approximate surface area is 151 Å². The number of nitrogens with zero attached hydrogens (tertiary/aromatic N) is 1. The highest BCUT2D eigenvalue weighted by molar-refractivity contribution is 5.94. The Morgan fingerprint density at radius 2 is 2.23 bits per heavy atom. The molecule has 1 amide bonds. The Balaban J connectivity index is 1.42. The van der Waals surface area contributed by atoms with E-state index in [0.717, 1.165) is 29.7 Å². The van der Waals surface area contributed by atoms with Crippen LogP contribution in [0, 0.1) is 5.92 Å². The maximum Gasteiger partial charge on any atom is 0.248 e. The molecular weight excluding hydrogens is 324 g/mol. The predicted octanol–water partition coefficient (Wildman–Crippen LogP) is 3.73. The fourth-order valence-corrected chi connectivity index (χ4v) is 3.26. The first kappa shape index (κ1) is 16.1. The number of nitrogens with two attached hydrogens (primary N) is 1. The van der Waals surface area contributed by atoms with Gasteiger partial charge in [0.2, 0.25) is 5.91 Å². The Bertz CT molecular complexity index is 1020. The zero-order chi connectivity index (χ0) is 17.9. The highest BCUT2D eigenvalue weighted by Gasteiger charge is 2.12. The number of primary amides is 1. The van der Waals surface area contributed by atoms with Gasteiger partial charge in [0.25, 0.3) is 0 Å². The van der Waals surface area contributed by atoms with Crippen molar-refractivity contribution < 1.29 is 4.79 Å². The number of rotatable bonds is 5. The predicted molar refractivity (Wildman–Crippen MR) is 105 cm³/mol. The van der Waals surface area contributed by atoms with Crippen molar-refractivity contribution in [2.45, 2.75) is 6.42 Å².